The van der Waals surface area contributed by atoms with Gasteiger partial charge in [0.05, 0.1) is 17.1 Å². The van der Waals surface area contributed by atoms with E-state index in [1.807, 2.05) is 48.5 Å². The number of hydrogen-bond donors (Lipinski definition) is 0. The van der Waals surface area contributed by atoms with E-state index in [9.17, 15) is 0 Å². The Morgan fingerprint density at radius 1 is 1.00 bits per heavy atom. The van der Waals surface area contributed by atoms with Crippen LogP contribution in [-0.2, 0) is 0 Å². The van der Waals surface area contributed by atoms with Crippen LogP contribution in [0.5, 0.6) is 5.75 Å². The first-order valence-corrected chi connectivity index (χ1v) is 9.90. The fraction of sp³-hybridized carbons (Fsp3) is 0.375. The molecule has 0 unspecified atom stereocenters. The highest BCUT2D eigenvalue weighted by molar-refractivity contribution is 9.10. The van der Waals surface area contributed by atoms with Crippen molar-refractivity contribution in [1.82, 2.24) is 0 Å². The molecule has 0 aromatic heterocycles. The highest BCUT2D eigenvalue weighted by Crippen LogP contribution is 2.32. The number of rotatable bonds is 4. The second-order valence-electron chi connectivity index (χ2n) is 8.45. The highest BCUT2D eigenvalue weighted by atomic mass is 79.9. The molecule has 0 spiro atoms. The molecule has 0 saturated heterocycles. The quantitative estimate of drug-likeness (QED) is 0.403. The van der Waals surface area contributed by atoms with Gasteiger partial charge in [-0.25, -0.2) is 0 Å². The molecular formula is C24H28BrNO. The first-order chi connectivity index (χ1) is 12.6. The molecule has 0 heterocycles. The van der Waals surface area contributed by atoms with Crippen LogP contribution in [0.4, 0.5) is 0 Å². The number of aliphatic imine (C=N–C) groups is 1. The van der Waals surface area contributed by atoms with Crippen molar-refractivity contribution >= 4 is 21.6 Å². The van der Waals surface area contributed by atoms with Crippen LogP contribution in [0.3, 0.4) is 0 Å². The largest absolute Gasteiger partial charge is 0.496 e. The molecule has 0 saturated carbocycles. The molecule has 0 bridgehead atoms. The van der Waals surface area contributed by atoms with Crippen molar-refractivity contribution in [3.05, 3.63) is 64.1 Å². The first kappa shape index (κ1) is 21.3. The summed E-state index contributed by atoms with van der Waals surface area (Å²) < 4.78 is 6.33. The van der Waals surface area contributed by atoms with Crippen LogP contribution in [-0.4, -0.2) is 18.4 Å². The van der Waals surface area contributed by atoms with Gasteiger partial charge < -0.3 is 4.74 Å². The lowest BCUT2D eigenvalue weighted by molar-refractivity contribution is 0.288. The number of hydrogen-bond acceptors (Lipinski definition) is 2. The molecule has 0 aliphatic heterocycles. The van der Waals surface area contributed by atoms with Crippen molar-refractivity contribution in [2.45, 2.75) is 46.6 Å². The third kappa shape index (κ3) is 6.56. The van der Waals surface area contributed by atoms with Gasteiger partial charge in [-0.3, -0.25) is 4.99 Å². The second-order valence-corrected chi connectivity index (χ2v) is 9.24. The third-order valence-electron chi connectivity index (χ3n) is 3.91. The minimum Gasteiger partial charge on any atom is -0.496 e. The zero-order valence-electron chi connectivity index (χ0n) is 17.1. The number of benzene rings is 2. The fourth-order valence-corrected chi connectivity index (χ4v) is 3.91. The number of nitrogens with zero attached hydrogens (tertiary/aromatic N) is 1. The van der Waals surface area contributed by atoms with Crippen LogP contribution in [0.15, 0.2) is 58.0 Å². The Labute approximate surface area is 172 Å². The lowest BCUT2D eigenvalue weighted by Gasteiger charge is -2.29. The van der Waals surface area contributed by atoms with Crippen molar-refractivity contribution < 1.29 is 4.74 Å². The molecule has 0 aliphatic rings. The molecule has 0 radical (unpaired) electrons. The van der Waals surface area contributed by atoms with Crippen LogP contribution in [0.1, 0.15) is 52.2 Å². The summed E-state index contributed by atoms with van der Waals surface area (Å²) >= 11 is 3.66. The lowest BCUT2D eigenvalue weighted by atomic mass is 9.82. The number of methoxy groups -OCH3 is 1. The van der Waals surface area contributed by atoms with E-state index in [0.29, 0.717) is 0 Å². The molecular weight excluding hydrogens is 398 g/mol. The highest BCUT2D eigenvalue weighted by Gasteiger charge is 2.26. The average molecular weight is 426 g/mol. The van der Waals surface area contributed by atoms with E-state index < -0.39 is 0 Å². The van der Waals surface area contributed by atoms with Crippen molar-refractivity contribution in [3.8, 4) is 17.6 Å². The maximum atomic E-state index is 5.46. The van der Waals surface area contributed by atoms with Crippen molar-refractivity contribution in [2.24, 2.45) is 10.4 Å². The number of ether oxygens (including phenoxy) is 1. The summed E-state index contributed by atoms with van der Waals surface area (Å²) in [6.07, 6.45) is 0.956. The normalized spacial score (nSPS) is 12.3. The standard InChI is InChI=1S/C24H28BrNO/c1-23(2,3)17-24(4,5)26-20(16-15-18-11-8-7-9-12-18)19-13-10-14-21(27-6)22(19)25/h7-14H,17H2,1-6H3. The second kappa shape index (κ2) is 8.76. The summed E-state index contributed by atoms with van der Waals surface area (Å²) in [7, 11) is 1.67. The van der Waals surface area contributed by atoms with Crippen molar-refractivity contribution in [3.63, 3.8) is 0 Å². The van der Waals surface area contributed by atoms with Crippen molar-refractivity contribution in [2.75, 3.05) is 7.11 Å². The minimum atomic E-state index is -0.235. The van der Waals surface area contributed by atoms with E-state index in [1.165, 1.54) is 0 Å². The molecule has 3 heteroatoms. The van der Waals surface area contributed by atoms with Crippen LogP contribution in [0, 0.1) is 17.3 Å². The molecule has 0 fully saturated rings. The molecule has 142 valence electrons. The van der Waals surface area contributed by atoms with Gasteiger partial charge in [-0.1, -0.05) is 57.0 Å². The van der Waals surface area contributed by atoms with Gasteiger partial charge in [-0.05, 0) is 65.7 Å². The first-order valence-electron chi connectivity index (χ1n) is 9.11. The molecule has 0 amide bonds. The Bertz CT molecular complexity index is 865. The molecule has 2 rings (SSSR count). The van der Waals surface area contributed by atoms with Crippen LogP contribution in [0.25, 0.3) is 0 Å². The molecule has 2 aromatic rings. The summed E-state index contributed by atoms with van der Waals surface area (Å²) in [5, 5.41) is 0. The van der Waals surface area contributed by atoms with Crippen LogP contribution in [0.2, 0.25) is 0 Å². The monoisotopic (exact) mass is 425 g/mol. The zero-order valence-corrected chi connectivity index (χ0v) is 18.6. The van der Waals surface area contributed by atoms with E-state index >= 15 is 0 Å². The fourth-order valence-electron chi connectivity index (χ4n) is 3.30. The van der Waals surface area contributed by atoms with Crippen LogP contribution >= 0.6 is 15.9 Å². The number of halogens is 1. The minimum absolute atomic E-state index is 0.177. The Morgan fingerprint density at radius 3 is 2.26 bits per heavy atom. The van der Waals surface area contributed by atoms with Gasteiger partial charge in [0.1, 0.15) is 11.5 Å². The summed E-state index contributed by atoms with van der Waals surface area (Å²) in [6, 6.07) is 15.9. The SMILES string of the molecule is COc1cccc(C(C#Cc2ccccc2)=NC(C)(C)CC(C)(C)C)c1Br. The Balaban J connectivity index is 2.56. The van der Waals surface area contributed by atoms with Crippen molar-refractivity contribution in [1.29, 1.82) is 0 Å². The van der Waals surface area contributed by atoms with Gasteiger partial charge in [0.15, 0.2) is 0 Å². The van der Waals surface area contributed by atoms with E-state index in [4.69, 9.17) is 9.73 Å². The molecule has 0 atom stereocenters. The topological polar surface area (TPSA) is 21.6 Å². The van der Waals surface area contributed by atoms with Gasteiger partial charge in [0.2, 0.25) is 0 Å². The van der Waals surface area contributed by atoms with Gasteiger partial charge in [-0.2, -0.15) is 0 Å². The molecule has 0 aliphatic carbocycles. The third-order valence-corrected chi connectivity index (χ3v) is 4.73. The van der Waals surface area contributed by atoms with E-state index in [1.54, 1.807) is 7.11 Å². The van der Waals surface area contributed by atoms with Gasteiger partial charge in [0.25, 0.3) is 0 Å². The van der Waals surface area contributed by atoms with Gasteiger partial charge in [0, 0.05) is 11.1 Å². The van der Waals surface area contributed by atoms with E-state index in [0.717, 1.165) is 33.5 Å². The predicted molar refractivity (Wildman–Crippen MR) is 119 cm³/mol. The van der Waals surface area contributed by atoms with Crippen LogP contribution < -0.4 is 4.74 Å². The summed E-state index contributed by atoms with van der Waals surface area (Å²) in [4.78, 5) is 5.07. The Morgan fingerprint density at radius 2 is 1.67 bits per heavy atom. The predicted octanol–water partition coefficient (Wildman–Crippen LogP) is 6.51. The summed E-state index contributed by atoms with van der Waals surface area (Å²) in [5.74, 6) is 7.33. The maximum absolute atomic E-state index is 5.46. The Kier molecular flexibility index (Phi) is 6.89. The molecule has 0 N–H and O–H groups in total. The van der Waals surface area contributed by atoms with Gasteiger partial charge in [-0.15, -0.1) is 0 Å². The summed E-state index contributed by atoms with van der Waals surface area (Å²) in [5.41, 5.74) is 2.62. The lowest BCUT2D eigenvalue weighted by Crippen LogP contribution is -2.26. The molecule has 2 aromatic carbocycles. The smallest absolute Gasteiger partial charge is 0.133 e. The van der Waals surface area contributed by atoms with E-state index in [-0.39, 0.29) is 11.0 Å². The molecule has 2 nitrogen and oxygen atoms in total. The molecule has 27 heavy (non-hydrogen) atoms. The van der Waals surface area contributed by atoms with Gasteiger partial charge >= 0.3 is 0 Å². The Hall–Kier alpha value is -2.05. The average Bonchev–Trinajstić information content (AvgIpc) is 2.57. The maximum Gasteiger partial charge on any atom is 0.133 e. The zero-order chi connectivity index (χ0) is 20.1. The summed E-state index contributed by atoms with van der Waals surface area (Å²) in [6.45, 7) is 11.0. The van der Waals surface area contributed by atoms with E-state index in [2.05, 4.69) is 62.4 Å².